The second-order valence-corrected chi connectivity index (χ2v) is 10.0. The van der Waals surface area contributed by atoms with Gasteiger partial charge in [-0.2, -0.15) is 9.97 Å². The summed E-state index contributed by atoms with van der Waals surface area (Å²) >= 11 is 0. The Morgan fingerprint density at radius 2 is 1.94 bits per heavy atom. The Morgan fingerprint density at radius 1 is 1.11 bits per heavy atom. The smallest absolute Gasteiger partial charge is 0.326 e. The van der Waals surface area contributed by atoms with Crippen LogP contribution in [-0.2, 0) is 0 Å². The summed E-state index contributed by atoms with van der Waals surface area (Å²) in [4.78, 5) is 24.0. The molecule has 3 unspecified atom stereocenters. The van der Waals surface area contributed by atoms with Crippen molar-refractivity contribution < 1.29 is 9.13 Å². The number of hydrogen-bond donors (Lipinski definition) is 3. The number of fused-ring (bicyclic) bond motifs is 4. The molecule has 7 rings (SSSR count). The molecule has 1 saturated heterocycles. The molecule has 2 aliphatic carbocycles. The lowest BCUT2D eigenvalue weighted by Crippen LogP contribution is -2.30. The number of ether oxygens (including phenoxy) is 1. The first-order chi connectivity index (χ1) is 17.1. The lowest BCUT2D eigenvalue weighted by molar-refractivity contribution is 0.438. The molecule has 3 fully saturated rings. The van der Waals surface area contributed by atoms with Gasteiger partial charge >= 0.3 is 6.01 Å². The van der Waals surface area contributed by atoms with Crippen molar-refractivity contribution in [3.05, 3.63) is 36.2 Å². The van der Waals surface area contributed by atoms with E-state index in [0.29, 0.717) is 34.8 Å². The zero-order chi connectivity index (χ0) is 23.7. The van der Waals surface area contributed by atoms with Crippen LogP contribution in [-0.4, -0.2) is 51.1 Å². The third-order valence-corrected chi connectivity index (χ3v) is 7.77. The van der Waals surface area contributed by atoms with Gasteiger partial charge in [0.1, 0.15) is 23.1 Å². The Hall–Kier alpha value is -3.53. The fourth-order valence-electron chi connectivity index (χ4n) is 5.81. The minimum absolute atomic E-state index is 0.203. The molecule has 3 atom stereocenters. The van der Waals surface area contributed by atoms with Crippen LogP contribution in [0.2, 0.25) is 0 Å². The van der Waals surface area contributed by atoms with Gasteiger partial charge in [0.15, 0.2) is 5.75 Å². The maximum absolute atomic E-state index is 14.5. The standard InChI is InChI=1S/C25H27FN8O/c1-28-19-7-14(26)6-16-20-23(31-21(16)19)32-25(35-15-8-29-22(30-9-15)12-2-3-12)33-24(20)34-10-13-4-5-18(27)17(13)11-34/h6-9,12-13,17-18,28H,2-5,10-11,27H2,1H3,(H,31,32,33). The van der Waals surface area contributed by atoms with Crippen molar-refractivity contribution in [2.75, 3.05) is 30.4 Å². The van der Waals surface area contributed by atoms with E-state index in [2.05, 4.69) is 30.2 Å². The monoisotopic (exact) mass is 474 g/mol. The average Bonchev–Trinajstić information content (AvgIpc) is 3.38. The van der Waals surface area contributed by atoms with Gasteiger partial charge in [-0.25, -0.2) is 14.4 Å². The van der Waals surface area contributed by atoms with Gasteiger partial charge in [-0.3, -0.25) is 0 Å². The number of anilines is 2. The molecular weight excluding hydrogens is 447 g/mol. The van der Waals surface area contributed by atoms with Gasteiger partial charge in [-0.1, -0.05) is 0 Å². The highest BCUT2D eigenvalue weighted by Crippen LogP contribution is 2.43. The van der Waals surface area contributed by atoms with E-state index >= 15 is 0 Å². The van der Waals surface area contributed by atoms with Gasteiger partial charge in [-0.15, -0.1) is 0 Å². The summed E-state index contributed by atoms with van der Waals surface area (Å²) in [6.45, 7) is 1.68. The molecule has 9 nitrogen and oxygen atoms in total. The van der Waals surface area contributed by atoms with Gasteiger partial charge in [0.05, 0.1) is 29.0 Å². The van der Waals surface area contributed by atoms with Crippen LogP contribution in [0.4, 0.5) is 15.9 Å². The summed E-state index contributed by atoms with van der Waals surface area (Å²) in [5, 5.41) is 4.60. The van der Waals surface area contributed by atoms with Gasteiger partial charge in [-0.05, 0) is 49.7 Å². The molecule has 35 heavy (non-hydrogen) atoms. The zero-order valence-corrected chi connectivity index (χ0v) is 19.5. The second-order valence-electron chi connectivity index (χ2n) is 10.0. The first-order valence-corrected chi connectivity index (χ1v) is 12.3. The van der Waals surface area contributed by atoms with Crippen molar-refractivity contribution >= 4 is 33.4 Å². The fraction of sp³-hybridized carbons (Fsp3) is 0.440. The summed E-state index contributed by atoms with van der Waals surface area (Å²) in [6.07, 6.45) is 7.81. The first-order valence-electron chi connectivity index (χ1n) is 12.3. The molecule has 0 amide bonds. The number of nitrogens with two attached hydrogens (primary N) is 1. The Labute approximate surface area is 201 Å². The predicted octanol–water partition coefficient (Wildman–Crippen LogP) is 3.93. The van der Waals surface area contributed by atoms with E-state index < -0.39 is 0 Å². The molecule has 0 radical (unpaired) electrons. The molecular formula is C25H27FN8O. The van der Waals surface area contributed by atoms with Crippen LogP contribution in [0.25, 0.3) is 21.9 Å². The maximum atomic E-state index is 14.5. The number of H-pyrrole nitrogens is 1. The van der Waals surface area contributed by atoms with E-state index in [0.717, 1.165) is 66.7 Å². The molecule has 2 saturated carbocycles. The van der Waals surface area contributed by atoms with E-state index in [9.17, 15) is 4.39 Å². The van der Waals surface area contributed by atoms with Crippen LogP contribution in [0.5, 0.6) is 11.8 Å². The van der Waals surface area contributed by atoms with Crippen LogP contribution in [0.1, 0.15) is 37.4 Å². The lowest BCUT2D eigenvalue weighted by atomic mass is 9.98. The minimum atomic E-state index is -0.317. The molecule has 10 heteroatoms. The molecule has 4 N–H and O–H groups in total. The molecule has 3 aromatic heterocycles. The Morgan fingerprint density at radius 3 is 2.69 bits per heavy atom. The van der Waals surface area contributed by atoms with E-state index in [-0.39, 0.29) is 17.9 Å². The van der Waals surface area contributed by atoms with Crippen LogP contribution in [0.15, 0.2) is 24.5 Å². The van der Waals surface area contributed by atoms with E-state index in [1.807, 2.05) is 0 Å². The molecule has 180 valence electrons. The number of halogens is 1. The molecule has 1 aliphatic heterocycles. The lowest BCUT2D eigenvalue weighted by Gasteiger charge is -2.21. The van der Waals surface area contributed by atoms with E-state index in [1.54, 1.807) is 19.4 Å². The highest BCUT2D eigenvalue weighted by molar-refractivity contribution is 6.14. The highest BCUT2D eigenvalue weighted by Gasteiger charge is 2.42. The summed E-state index contributed by atoms with van der Waals surface area (Å²) < 4.78 is 20.6. The van der Waals surface area contributed by atoms with Crippen LogP contribution < -0.4 is 20.7 Å². The number of hydrogen-bond acceptors (Lipinski definition) is 8. The van der Waals surface area contributed by atoms with Gasteiger partial charge in [0, 0.05) is 37.5 Å². The highest BCUT2D eigenvalue weighted by atomic mass is 19.1. The SMILES string of the molecule is CNc1cc(F)cc2c1[nH]c1nc(Oc3cnc(C4CC4)nc3)nc(N3CC4CCC(N)C4C3)c12. The third-order valence-electron chi connectivity index (χ3n) is 7.77. The normalized spacial score (nSPS) is 23.9. The van der Waals surface area contributed by atoms with Crippen molar-refractivity contribution in [3.63, 3.8) is 0 Å². The average molecular weight is 475 g/mol. The first kappa shape index (κ1) is 20.8. The molecule has 1 aromatic carbocycles. The Bertz CT molecular complexity index is 1430. The molecule has 3 aliphatic rings. The van der Waals surface area contributed by atoms with Gasteiger partial charge in [0.2, 0.25) is 0 Å². The molecule has 0 bridgehead atoms. The molecule has 4 heterocycles. The molecule has 0 spiro atoms. The fourth-order valence-corrected chi connectivity index (χ4v) is 5.81. The topological polar surface area (TPSA) is 118 Å². The quantitative estimate of drug-likeness (QED) is 0.398. The molecule has 4 aromatic rings. The number of aromatic nitrogens is 5. The Kier molecular flexibility index (Phi) is 4.60. The number of benzene rings is 1. The summed E-state index contributed by atoms with van der Waals surface area (Å²) in [5.74, 6) is 3.20. The van der Waals surface area contributed by atoms with Crippen LogP contribution in [0.3, 0.4) is 0 Å². The minimum Gasteiger partial charge on any atom is -0.421 e. The van der Waals surface area contributed by atoms with Crippen molar-refractivity contribution in [2.24, 2.45) is 17.6 Å². The van der Waals surface area contributed by atoms with Crippen molar-refractivity contribution in [1.82, 2.24) is 24.9 Å². The van der Waals surface area contributed by atoms with Crippen LogP contribution >= 0.6 is 0 Å². The van der Waals surface area contributed by atoms with Crippen molar-refractivity contribution in [2.45, 2.75) is 37.6 Å². The maximum Gasteiger partial charge on any atom is 0.326 e. The second kappa shape index (κ2) is 7.74. The number of rotatable bonds is 5. The van der Waals surface area contributed by atoms with Crippen molar-refractivity contribution in [1.29, 1.82) is 0 Å². The number of nitrogens with zero attached hydrogens (tertiary/aromatic N) is 5. The van der Waals surface area contributed by atoms with Gasteiger partial charge < -0.3 is 25.7 Å². The number of aromatic amines is 1. The third kappa shape index (κ3) is 3.46. The number of nitrogens with one attached hydrogen (secondary N) is 2. The summed E-state index contributed by atoms with van der Waals surface area (Å²) in [7, 11) is 1.77. The van der Waals surface area contributed by atoms with E-state index in [4.69, 9.17) is 15.5 Å². The summed E-state index contributed by atoms with van der Waals surface area (Å²) in [6, 6.07) is 3.42. The zero-order valence-electron chi connectivity index (χ0n) is 19.5. The van der Waals surface area contributed by atoms with Crippen molar-refractivity contribution in [3.8, 4) is 11.8 Å². The predicted molar refractivity (Wildman–Crippen MR) is 131 cm³/mol. The largest absolute Gasteiger partial charge is 0.421 e. The summed E-state index contributed by atoms with van der Waals surface area (Å²) in [5.41, 5.74) is 8.45. The Balaban J connectivity index is 1.34. The van der Waals surface area contributed by atoms with Crippen LogP contribution in [0, 0.1) is 17.7 Å². The van der Waals surface area contributed by atoms with E-state index in [1.165, 1.54) is 12.1 Å². The van der Waals surface area contributed by atoms with Gasteiger partial charge in [0.25, 0.3) is 0 Å².